The molecule has 2 amide bonds. The molecular formula is C13H17N3O4. The van der Waals surface area contributed by atoms with Crippen LogP contribution in [0.2, 0.25) is 0 Å². The van der Waals surface area contributed by atoms with Crippen molar-refractivity contribution < 1.29 is 19.4 Å². The predicted molar refractivity (Wildman–Crippen MR) is 74.3 cm³/mol. The Hall–Kier alpha value is -2.44. The molecule has 0 radical (unpaired) electrons. The van der Waals surface area contributed by atoms with Crippen LogP contribution < -0.4 is 20.7 Å². The second-order valence-corrected chi connectivity index (χ2v) is 4.67. The number of rotatable bonds is 3. The summed E-state index contributed by atoms with van der Waals surface area (Å²) in [4.78, 5) is 21.6. The Morgan fingerprint density at radius 3 is 2.90 bits per heavy atom. The summed E-state index contributed by atoms with van der Waals surface area (Å²) in [5, 5.41) is 16.9. The molecule has 0 bridgehead atoms. The van der Waals surface area contributed by atoms with Crippen LogP contribution in [-0.2, 0) is 4.79 Å². The average molecular weight is 279 g/mol. The summed E-state index contributed by atoms with van der Waals surface area (Å²) in [7, 11) is 0. The SMILES string of the molecule is CC(=O)N[C@H](C)C1CNc2cc(NC(=O)O)ccc2O1. The van der Waals surface area contributed by atoms with Crippen LogP contribution in [0.3, 0.4) is 0 Å². The van der Waals surface area contributed by atoms with Crippen LogP contribution in [0.4, 0.5) is 16.2 Å². The first kappa shape index (κ1) is 14.0. The van der Waals surface area contributed by atoms with E-state index in [9.17, 15) is 9.59 Å². The van der Waals surface area contributed by atoms with E-state index in [0.717, 1.165) is 5.69 Å². The molecule has 1 aliphatic rings. The molecule has 2 rings (SSSR count). The van der Waals surface area contributed by atoms with E-state index in [1.54, 1.807) is 18.2 Å². The van der Waals surface area contributed by atoms with Crippen molar-refractivity contribution in [3.05, 3.63) is 18.2 Å². The van der Waals surface area contributed by atoms with Gasteiger partial charge in [0.2, 0.25) is 5.91 Å². The van der Waals surface area contributed by atoms with Crippen molar-refractivity contribution >= 4 is 23.4 Å². The molecule has 0 saturated carbocycles. The van der Waals surface area contributed by atoms with Gasteiger partial charge in [0.05, 0.1) is 18.3 Å². The smallest absolute Gasteiger partial charge is 0.409 e. The van der Waals surface area contributed by atoms with Crippen LogP contribution >= 0.6 is 0 Å². The van der Waals surface area contributed by atoms with Crippen molar-refractivity contribution in [3.8, 4) is 5.75 Å². The van der Waals surface area contributed by atoms with Crippen molar-refractivity contribution in [1.29, 1.82) is 0 Å². The molecule has 0 saturated heterocycles. The Morgan fingerprint density at radius 1 is 1.50 bits per heavy atom. The number of ether oxygens (including phenoxy) is 1. The molecule has 1 aliphatic heterocycles. The third-order valence-electron chi connectivity index (χ3n) is 2.99. The topological polar surface area (TPSA) is 99.7 Å². The first-order chi connectivity index (χ1) is 9.45. The van der Waals surface area contributed by atoms with E-state index in [-0.39, 0.29) is 18.1 Å². The predicted octanol–water partition coefficient (Wildman–Crippen LogP) is 1.47. The molecule has 2 atom stereocenters. The van der Waals surface area contributed by atoms with Gasteiger partial charge in [-0.05, 0) is 25.1 Å². The van der Waals surface area contributed by atoms with Crippen LogP contribution in [0.25, 0.3) is 0 Å². The molecular weight excluding hydrogens is 262 g/mol. The number of hydrogen-bond donors (Lipinski definition) is 4. The van der Waals surface area contributed by atoms with Gasteiger partial charge in [-0.1, -0.05) is 0 Å². The van der Waals surface area contributed by atoms with Gasteiger partial charge in [-0.3, -0.25) is 10.1 Å². The van der Waals surface area contributed by atoms with Crippen molar-refractivity contribution in [1.82, 2.24) is 5.32 Å². The lowest BCUT2D eigenvalue weighted by molar-refractivity contribution is -0.120. The minimum Gasteiger partial charge on any atom is -0.484 e. The quantitative estimate of drug-likeness (QED) is 0.671. The van der Waals surface area contributed by atoms with Crippen LogP contribution in [0.1, 0.15) is 13.8 Å². The first-order valence-electron chi connectivity index (χ1n) is 6.27. The van der Waals surface area contributed by atoms with Gasteiger partial charge in [0.1, 0.15) is 11.9 Å². The zero-order valence-electron chi connectivity index (χ0n) is 11.3. The van der Waals surface area contributed by atoms with E-state index in [1.165, 1.54) is 6.92 Å². The van der Waals surface area contributed by atoms with Gasteiger partial charge in [0.25, 0.3) is 0 Å². The number of amides is 2. The maximum Gasteiger partial charge on any atom is 0.409 e. The van der Waals surface area contributed by atoms with E-state index < -0.39 is 6.09 Å². The van der Waals surface area contributed by atoms with Crippen LogP contribution in [0.5, 0.6) is 5.75 Å². The second kappa shape index (κ2) is 5.68. The molecule has 7 nitrogen and oxygen atoms in total. The van der Waals surface area contributed by atoms with Gasteiger partial charge in [-0.25, -0.2) is 4.79 Å². The minimum absolute atomic E-state index is 0.104. The number of nitrogens with one attached hydrogen (secondary N) is 3. The average Bonchev–Trinajstić information content (AvgIpc) is 2.36. The van der Waals surface area contributed by atoms with Gasteiger partial charge < -0.3 is 20.5 Å². The normalized spacial score (nSPS) is 18.0. The number of benzene rings is 1. The molecule has 0 aliphatic carbocycles. The molecule has 0 spiro atoms. The molecule has 4 N–H and O–H groups in total. The van der Waals surface area contributed by atoms with Gasteiger partial charge >= 0.3 is 6.09 Å². The van der Waals surface area contributed by atoms with Gasteiger partial charge in [-0.15, -0.1) is 0 Å². The number of carbonyl (C=O) groups excluding carboxylic acids is 1. The lowest BCUT2D eigenvalue weighted by Gasteiger charge is -2.31. The molecule has 0 fully saturated rings. The summed E-state index contributed by atoms with van der Waals surface area (Å²) in [5.41, 5.74) is 1.20. The summed E-state index contributed by atoms with van der Waals surface area (Å²) in [5.74, 6) is 0.530. The van der Waals surface area contributed by atoms with Crippen molar-refractivity contribution in [2.24, 2.45) is 0 Å². The highest BCUT2D eigenvalue weighted by Gasteiger charge is 2.25. The fourth-order valence-corrected chi connectivity index (χ4v) is 2.08. The molecule has 1 aromatic carbocycles. The van der Waals surface area contributed by atoms with E-state index in [1.807, 2.05) is 6.92 Å². The number of anilines is 2. The van der Waals surface area contributed by atoms with Crippen molar-refractivity contribution in [2.75, 3.05) is 17.2 Å². The molecule has 7 heteroatoms. The maximum atomic E-state index is 11.0. The highest BCUT2D eigenvalue weighted by atomic mass is 16.5. The maximum absolute atomic E-state index is 11.0. The van der Waals surface area contributed by atoms with Gasteiger partial charge in [0, 0.05) is 12.6 Å². The number of fused-ring (bicyclic) bond motifs is 1. The summed E-state index contributed by atoms with van der Waals surface area (Å²) in [6.07, 6.45) is -1.29. The minimum atomic E-state index is -1.11. The fraction of sp³-hybridized carbons (Fsp3) is 0.385. The molecule has 1 heterocycles. The van der Waals surface area contributed by atoms with Gasteiger partial charge in [-0.2, -0.15) is 0 Å². The molecule has 108 valence electrons. The summed E-state index contributed by atoms with van der Waals surface area (Å²) >= 11 is 0. The Labute approximate surface area is 116 Å². The second-order valence-electron chi connectivity index (χ2n) is 4.67. The van der Waals surface area contributed by atoms with E-state index in [4.69, 9.17) is 9.84 Å². The third kappa shape index (κ3) is 3.31. The van der Waals surface area contributed by atoms with Gasteiger partial charge in [0.15, 0.2) is 0 Å². The number of hydrogen-bond acceptors (Lipinski definition) is 4. The van der Waals surface area contributed by atoms with Crippen LogP contribution in [0.15, 0.2) is 18.2 Å². The molecule has 20 heavy (non-hydrogen) atoms. The Kier molecular flexibility index (Phi) is 3.97. The highest BCUT2D eigenvalue weighted by Crippen LogP contribution is 2.32. The summed E-state index contributed by atoms with van der Waals surface area (Å²) in [6, 6.07) is 4.87. The first-order valence-corrected chi connectivity index (χ1v) is 6.27. The van der Waals surface area contributed by atoms with E-state index in [0.29, 0.717) is 18.0 Å². The standard InChI is InChI=1S/C13H17N3O4/c1-7(15-8(2)17)12-6-14-10-5-9(16-13(18)19)3-4-11(10)20-12/h3-5,7,12,14,16H,6H2,1-2H3,(H,15,17)(H,18,19)/t7-,12?/m1/s1. The lowest BCUT2D eigenvalue weighted by Crippen LogP contribution is -2.48. The summed E-state index contributed by atoms with van der Waals surface area (Å²) in [6.45, 7) is 3.87. The largest absolute Gasteiger partial charge is 0.484 e. The zero-order chi connectivity index (χ0) is 14.7. The van der Waals surface area contributed by atoms with E-state index >= 15 is 0 Å². The zero-order valence-corrected chi connectivity index (χ0v) is 11.3. The van der Waals surface area contributed by atoms with Crippen LogP contribution in [0, 0.1) is 0 Å². The monoisotopic (exact) mass is 279 g/mol. The van der Waals surface area contributed by atoms with E-state index in [2.05, 4.69) is 16.0 Å². The van der Waals surface area contributed by atoms with Crippen molar-refractivity contribution in [2.45, 2.75) is 26.0 Å². The lowest BCUT2D eigenvalue weighted by atomic mass is 10.1. The Balaban J connectivity index is 2.07. The highest BCUT2D eigenvalue weighted by molar-refractivity contribution is 5.84. The Morgan fingerprint density at radius 2 is 2.25 bits per heavy atom. The summed E-state index contributed by atoms with van der Waals surface area (Å²) < 4.78 is 5.80. The Bertz CT molecular complexity index is 532. The number of carbonyl (C=O) groups is 2. The number of carboxylic acid groups (broad SMARTS) is 1. The van der Waals surface area contributed by atoms with Crippen molar-refractivity contribution in [3.63, 3.8) is 0 Å². The van der Waals surface area contributed by atoms with Crippen LogP contribution in [-0.4, -0.2) is 35.8 Å². The molecule has 0 aromatic heterocycles. The molecule has 1 unspecified atom stereocenters. The third-order valence-corrected chi connectivity index (χ3v) is 2.99. The molecule has 1 aromatic rings. The fourth-order valence-electron chi connectivity index (χ4n) is 2.08.